The molecule has 1 aromatic carbocycles. The molecule has 8 nitrogen and oxygen atoms in total. The summed E-state index contributed by atoms with van der Waals surface area (Å²) in [6.45, 7) is 2.57. The minimum absolute atomic E-state index is 0.0268. The number of nitrogens with zero attached hydrogens (tertiary/aromatic N) is 1. The van der Waals surface area contributed by atoms with Gasteiger partial charge < -0.3 is 10.1 Å². The van der Waals surface area contributed by atoms with E-state index >= 15 is 0 Å². The van der Waals surface area contributed by atoms with Crippen molar-refractivity contribution in [1.82, 2.24) is 5.32 Å². The summed E-state index contributed by atoms with van der Waals surface area (Å²) in [4.78, 5) is 10.0. The maximum Gasteiger partial charge on any atom is 0.312 e. The second kappa shape index (κ2) is 8.23. The first-order valence-electron chi connectivity index (χ1n) is 8.04. The van der Waals surface area contributed by atoms with Crippen LogP contribution in [0.1, 0.15) is 13.3 Å². The van der Waals surface area contributed by atoms with E-state index in [1.54, 1.807) is 0 Å². The molecule has 146 valence electrons. The zero-order valence-corrected chi connectivity index (χ0v) is 14.9. The van der Waals surface area contributed by atoms with E-state index in [0.29, 0.717) is 19.5 Å². The van der Waals surface area contributed by atoms with Crippen molar-refractivity contribution in [2.24, 2.45) is 22.9 Å². The zero-order valence-electron chi connectivity index (χ0n) is 14.1. The molecule has 26 heavy (non-hydrogen) atoms. The highest BCUT2D eigenvalue weighted by Crippen LogP contribution is 2.33. The third-order valence-corrected chi connectivity index (χ3v) is 5.57. The van der Waals surface area contributed by atoms with Crippen molar-refractivity contribution < 1.29 is 26.9 Å². The smallest absolute Gasteiger partial charge is 0.312 e. The van der Waals surface area contributed by atoms with E-state index in [9.17, 15) is 27.3 Å². The number of nitro benzene ring substituents is 1. The molecule has 1 aliphatic heterocycles. The zero-order chi connectivity index (χ0) is 19.5. The van der Waals surface area contributed by atoms with Gasteiger partial charge in [0.2, 0.25) is 16.4 Å². The standard InChI is InChI=1S/C15H21F2N3O5S/c1-9(15(16)17)12-7-19-5-4-10(12)8-25-14-3-2-11(26(18,23)24)6-13(14)20(21)22/h2-3,6,9-10,12,15,19H,4-5,7-8H2,1H3,(H2,18,23,24). The van der Waals surface area contributed by atoms with Crippen LogP contribution in [-0.2, 0) is 10.0 Å². The number of nitrogens with two attached hydrogens (primary N) is 1. The van der Waals surface area contributed by atoms with Gasteiger partial charge >= 0.3 is 5.69 Å². The Morgan fingerprint density at radius 2 is 2.15 bits per heavy atom. The quantitative estimate of drug-likeness (QED) is 0.537. The van der Waals surface area contributed by atoms with Crippen molar-refractivity contribution in [2.45, 2.75) is 24.7 Å². The molecule has 0 aromatic heterocycles. The first kappa shape index (κ1) is 20.5. The van der Waals surface area contributed by atoms with Crippen molar-refractivity contribution in [3.05, 3.63) is 28.3 Å². The van der Waals surface area contributed by atoms with E-state index in [2.05, 4.69) is 5.32 Å². The molecule has 1 saturated heterocycles. The molecular formula is C15H21F2N3O5S. The molecule has 0 spiro atoms. The molecule has 3 atom stereocenters. The van der Waals surface area contributed by atoms with Crippen LogP contribution in [0.25, 0.3) is 0 Å². The molecule has 11 heteroatoms. The van der Waals surface area contributed by atoms with Crippen LogP contribution in [0.3, 0.4) is 0 Å². The number of nitrogens with one attached hydrogen (secondary N) is 1. The van der Waals surface area contributed by atoms with Crippen LogP contribution in [0.5, 0.6) is 5.75 Å². The Hall–Kier alpha value is -1.85. The van der Waals surface area contributed by atoms with E-state index < -0.39 is 37.9 Å². The summed E-state index contributed by atoms with van der Waals surface area (Å²) in [5.74, 6) is -1.48. The van der Waals surface area contributed by atoms with Crippen molar-refractivity contribution in [1.29, 1.82) is 0 Å². The molecule has 1 heterocycles. The Bertz CT molecular complexity index is 760. The number of halogens is 2. The number of sulfonamides is 1. The van der Waals surface area contributed by atoms with E-state index in [4.69, 9.17) is 9.88 Å². The summed E-state index contributed by atoms with van der Waals surface area (Å²) in [6.07, 6.45) is -1.86. The summed E-state index contributed by atoms with van der Waals surface area (Å²) in [6, 6.07) is 3.09. The lowest BCUT2D eigenvalue weighted by molar-refractivity contribution is -0.386. The molecule has 2 rings (SSSR count). The summed E-state index contributed by atoms with van der Waals surface area (Å²) in [7, 11) is -4.09. The van der Waals surface area contributed by atoms with E-state index in [1.807, 2.05) is 0 Å². The van der Waals surface area contributed by atoms with E-state index in [0.717, 1.165) is 18.2 Å². The van der Waals surface area contributed by atoms with Crippen LogP contribution in [0.4, 0.5) is 14.5 Å². The number of ether oxygens (including phenoxy) is 1. The van der Waals surface area contributed by atoms with Crippen LogP contribution in [-0.4, -0.2) is 39.5 Å². The van der Waals surface area contributed by atoms with Crippen molar-refractivity contribution >= 4 is 15.7 Å². The van der Waals surface area contributed by atoms with Gasteiger partial charge in [0.25, 0.3) is 0 Å². The number of primary sulfonamides is 1. The highest BCUT2D eigenvalue weighted by molar-refractivity contribution is 7.89. The third kappa shape index (κ3) is 4.86. The Balaban J connectivity index is 2.18. The fourth-order valence-corrected chi connectivity index (χ4v) is 3.62. The summed E-state index contributed by atoms with van der Waals surface area (Å²) < 4.78 is 54.3. The van der Waals surface area contributed by atoms with Gasteiger partial charge in [0.05, 0.1) is 16.4 Å². The Morgan fingerprint density at radius 1 is 1.46 bits per heavy atom. The van der Waals surface area contributed by atoms with Gasteiger partial charge in [0.15, 0.2) is 5.75 Å². The molecule has 1 fully saturated rings. The molecule has 0 radical (unpaired) electrons. The van der Waals surface area contributed by atoms with Gasteiger partial charge in [-0.05, 0) is 43.5 Å². The topological polar surface area (TPSA) is 125 Å². The average molecular weight is 393 g/mol. The van der Waals surface area contributed by atoms with Gasteiger partial charge in [-0.1, -0.05) is 6.92 Å². The Morgan fingerprint density at radius 3 is 2.73 bits per heavy atom. The number of alkyl halides is 2. The molecule has 0 amide bonds. The maximum absolute atomic E-state index is 13.0. The lowest BCUT2D eigenvalue weighted by Gasteiger charge is -2.35. The van der Waals surface area contributed by atoms with Crippen molar-refractivity contribution in [2.75, 3.05) is 19.7 Å². The number of rotatable bonds is 7. The molecule has 3 unspecified atom stereocenters. The molecule has 1 aliphatic rings. The Labute approximate surface area is 149 Å². The molecule has 0 saturated carbocycles. The molecule has 1 aromatic rings. The summed E-state index contributed by atoms with van der Waals surface area (Å²) in [5.41, 5.74) is -0.538. The largest absolute Gasteiger partial charge is 0.487 e. The average Bonchev–Trinajstić information content (AvgIpc) is 2.58. The summed E-state index contributed by atoms with van der Waals surface area (Å²) >= 11 is 0. The first-order valence-corrected chi connectivity index (χ1v) is 9.58. The van der Waals surface area contributed by atoms with Crippen molar-refractivity contribution in [3.63, 3.8) is 0 Å². The Kier molecular flexibility index (Phi) is 6.48. The van der Waals surface area contributed by atoms with Gasteiger partial charge in [0, 0.05) is 12.0 Å². The van der Waals surface area contributed by atoms with Gasteiger partial charge in [0.1, 0.15) is 0 Å². The van der Waals surface area contributed by atoms with E-state index in [-0.39, 0.29) is 24.2 Å². The van der Waals surface area contributed by atoms with Gasteiger partial charge in [-0.3, -0.25) is 10.1 Å². The fraction of sp³-hybridized carbons (Fsp3) is 0.600. The van der Waals surface area contributed by atoms with Crippen LogP contribution in [0, 0.1) is 27.9 Å². The van der Waals surface area contributed by atoms with Crippen LogP contribution in [0.15, 0.2) is 23.1 Å². The number of hydrogen-bond donors (Lipinski definition) is 2. The lowest BCUT2D eigenvalue weighted by Crippen LogP contribution is -2.43. The SMILES string of the molecule is CC(C(F)F)C1CNCCC1COc1ccc(S(N)(=O)=O)cc1[N+](=O)[O-]. The first-order chi connectivity index (χ1) is 12.1. The monoisotopic (exact) mass is 393 g/mol. The third-order valence-electron chi connectivity index (χ3n) is 4.66. The highest BCUT2D eigenvalue weighted by atomic mass is 32.2. The van der Waals surface area contributed by atoms with Crippen LogP contribution >= 0.6 is 0 Å². The predicted octanol–water partition coefficient (Wildman–Crippen LogP) is 1.75. The van der Waals surface area contributed by atoms with Gasteiger partial charge in [-0.25, -0.2) is 22.3 Å². The van der Waals surface area contributed by atoms with Crippen LogP contribution < -0.4 is 15.2 Å². The van der Waals surface area contributed by atoms with Gasteiger partial charge in [-0.2, -0.15) is 0 Å². The molecule has 0 bridgehead atoms. The molecule has 3 N–H and O–H groups in total. The lowest BCUT2D eigenvalue weighted by atomic mass is 9.79. The second-order valence-electron chi connectivity index (χ2n) is 6.35. The minimum atomic E-state index is -4.09. The number of nitro groups is 1. The molecular weight excluding hydrogens is 372 g/mol. The second-order valence-corrected chi connectivity index (χ2v) is 7.91. The number of hydrogen-bond acceptors (Lipinski definition) is 6. The summed E-state index contributed by atoms with van der Waals surface area (Å²) in [5, 5.41) is 19.2. The van der Waals surface area contributed by atoms with Gasteiger partial charge in [-0.15, -0.1) is 0 Å². The minimum Gasteiger partial charge on any atom is -0.487 e. The highest BCUT2D eigenvalue weighted by Gasteiger charge is 2.34. The number of benzene rings is 1. The fourth-order valence-electron chi connectivity index (χ4n) is 3.08. The van der Waals surface area contributed by atoms with E-state index in [1.165, 1.54) is 6.92 Å². The number of piperidine rings is 1. The van der Waals surface area contributed by atoms with Crippen molar-refractivity contribution in [3.8, 4) is 5.75 Å². The molecule has 0 aliphatic carbocycles. The normalized spacial score (nSPS) is 22.2. The van der Waals surface area contributed by atoms with Crippen LogP contribution in [0.2, 0.25) is 0 Å². The predicted molar refractivity (Wildman–Crippen MR) is 89.6 cm³/mol. The maximum atomic E-state index is 13.0.